The molecule has 0 unspecified atom stereocenters. The smallest absolute Gasteiger partial charge is 0.338 e. The van der Waals surface area contributed by atoms with Gasteiger partial charge in [0.1, 0.15) is 0 Å². The highest BCUT2D eigenvalue weighted by atomic mass is 16.5. The normalized spacial score (nSPS) is 20.4. The molecular weight excluding hydrogens is 384 g/mol. The van der Waals surface area contributed by atoms with Crippen molar-refractivity contribution >= 4 is 23.7 Å². The average molecular weight is 412 g/mol. The van der Waals surface area contributed by atoms with E-state index in [2.05, 4.69) is 6.92 Å². The standard InChI is InChI=1S/C23H28N2O5/c1-15-9-11-24(12-10-15)20(26)14-30-23(29)16-7-8-18-19(13-16)22(28)25(21(18)27)17-5-3-2-4-6-17/h7-8,13,15,17H,2-6,9-12,14H2,1H3. The molecule has 160 valence electrons. The van der Waals surface area contributed by atoms with Crippen molar-refractivity contribution in [2.45, 2.75) is 57.9 Å². The molecule has 1 aromatic carbocycles. The van der Waals surface area contributed by atoms with Crippen LogP contribution in [-0.2, 0) is 9.53 Å². The van der Waals surface area contributed by atoms with Crippen molar-refractivity contribution in [2.24, 2.45) is 5.92 Å². The third-order valence-corrected chi connectivity index (χ3v) is 6.56. The van der Waals surface area contributed by atoms with Gasteiger partial charge in [-0.2, -0.15) is 0 Å². The van der Waals surface area contributed by atoms with E-state index in [-0.39, 0.29) is 41.5 Å². The van der Waals surface area contributed by atoms with Crippen molar-refractivity contribution in [3.05, 3.63) is 34.9 Å². The summed E-state index contributed by atoms with van der Waals surface area (Å²) >= 11 is 0. The highest BCUT2D eigenvalue weighted by molar-refractivity contribution is 6.22. The van der Waals surface area contributed by atoms with E-state index >= 15 is 0 Å². The Morgan fingerprint density at radius 1 is 0.967 bits per heavy atom. The highest BCUT2D eigenvalue weighted by Crippen LogP contribution is 2.31. The molecule has 1 saturated carbocycles. The molecule has 4 rings (SSSR count). The molecule has 30 heavy (non-hydrogen) atoms. The molecule has 0 spiro atoms. The van der Waals surface area contributed by atoms with Crippen LogP contribution in [0.25, 0.3) is 0 Å². The first-order valence-corrected chi connectivity index (χ1v) is 10.9. The summed E-state index contributed by atoms with van der Waals surface area (Å²) in [5.41, 5.74) is 0.762. The molecule has 2 aliphatic heterocycles. The van der Waals surface area contributed by atoms with Gasteiger partial charge in [0.25, 0.3) is 17.7 Å². The summed E-state index contributed by atoms with van der Waals surface area (Å²) in [4.78, 5) is 53.4. The maximum Gasteiger partial charge on any atom is 0.338 e. The van der Waals surface area contributed by atoms with E-state index in [0.717, 1.165) is 44.9 Å². The SMILES string of the molecule is CC1CCN(C(=O)COC(=O)c2ccc3c(c2)C(=O)N(C2CCCCC2)C3=O)CC1. The molecular formula is C23H28N2O5. The molecule has 0 radical (unpaired) electrons. The Hall–Kier alpha value is -2.70. The second-order valence-corrected chi connectivity index (χ2v) is 8.67. The molecule has 2 heterocycles. The Morgan fingerprint density at radius 2 is 1.63 bits per heavy atom. The predicted octanol–water partition coefficient (Wildman–Crippen LogP) is 3.03. The Morgan fingerprint density at radius 3 is 2.33 bits per heavy atom. The monoisotopic (exact) mass is 412 g/mol. The Kier molecular flexibility index (Phi) is 5.88. The van der Waals surface area contributed by atoms with Gasteiger partial charge in [0, 0.05) is 19.1 Å². The van der Waals surface area contributed by atoms with Crippen molar-refractivity contribution in [2.75, 3.05) is 19.7 Å². The van der Waals surface area contributed by atoms with Crippen molar-refractivity contribution in [1.82, 2.24) is 9.80 Å². The summed E-state index contributed by atoms with van der Waals surface area (Å²) in [5, 5.41) is 0. The minimum atomic E-state index is -0.659. The van der Waals surface area contributed by atoms with Crippen molar-refractivity contribution < 1.29 is 23.9 Å². The fourth-order valence-corrected chi connectivity index (χ4v) is 4.62. The zero-order valence-electron chi connectivity index (χ0n) is 17.4. The number of benzene rings is 1. The predicted molar refractivity (Wildman–Crippen MR) is 109 cm³/mol. The number of esters is 1. The van der Waals surface area contributed by atoms with E-state index in [0.29, 0.717) is 24.6 Å². The van der Waals surface area contributed by atoms with Gasteiger partial charge >= 0.3 is 5.97 Å². The number of likely N-dealkylation sites (tertiary alicyclic amines) is 1. The molecule has 1 saturated heterocycles. The van der Waals surface area contributed by atoms with E-state index in [9.17, 15) is 19.2 Å². The zero-order valence-corrected chi connectivity index (χ0v) is 17.4. The third kappa shape index (κ3) is 3.98. The lowest BCUT2D eigenvalue weighted by atomic mass is 9.94. The minimum Gasteiger partial charge on any atom is -0.452 e. The van der Waals surface area contributed by atoms with Crippen LogP contribution in [0.4, 0.5) is 0 Å². The molecule has 0 bridgehead atoms. The number of imide groups is 1. The van der Waals surface area contributed by atoms with Crippen LogP contribution >= 0.6 is 0 Å². The number of hydrogen-bond acceptors (Lipinski definition) is 5. The zero-order chi connectivity index (χ0) is 21.3. The molecule has 7 nitrogen and oxygen atoms in total. The average Bonchev–Trinajstić information content (AvgIpc) is 3.02. The molecule has 0 aromatic heterocycles. The molecule has 3 aliphatic rings. The highest BCUT2D eigenvalue weighted by Gasteiger charge is 2.40. The Bertz CT molecular complexity index is 866. The van der Waals surface area contributed by atoms with Gasteiger partial charge in [-0.05, 0) is 49.8 Å². The lowest BCUT2D eigenvalue weighted by Gasteiger charge is -2.30. The molecule has 2 fully saturated rings. The first kappa shape index (κ1) is 20.6. The second-order valence-electron chi connectivity index (χ2n) is 8.67. The molecule has 1 aliphatic carbocycles. The van der Waals surface area contributed by atoms with Crippen LogP contribution in [0.2, 0.25) is 0 Å². The summed E-state index contributed by atoms with van der Waals surface area (Å²) in [6.07, 6.45) is 6.73. The van der Waals surface area contributed by atoms with Crippen LogP contribution in [0.15, 0.2) is 18.2 Å². The van der Waals surface area contributed by atoms with Crippen LogP contribution < -0.4 is 0 Å². The van der Waals surface area contributed by atoms with Gasteiger partial charge in [0.2, 0.25) is 0 Å². The first-order chi connectivity index (χ1) is 14.5. The number of hydrogen-bond donors (Lipinski definition) is 0. The van der Waals surface area contributed by atoms with Crippen molar-refractivity contribution in [3.8, 4) is 0 Å². The maximum atomic E-state index is 12.9. The minimum absolute atomic E-state index is 0.0635. The molecule has 0 atom stereocenters. The number of carbonyl (C=O) groups is 4. The number of ether oxygens (including phenoxy) is 1. The van der Waals surface area contributed by atoms with Crippen LogP contribution in [0.1, 0.15) is 82.9 Å². The van der Waals surface area contributed by atoms with Crippen LogP contribution in [0.3, 0.4) is 0 Å². The summed E-state index contributed by atoms with van der Waals surface area (Å²) in [7, 11) is 0. The lowest BCUT2D eigenvalue weighted by molar-refractivity contribution is -0.135. The van der Waals surface area contributed by atoms with Gasteiger partial charge in [-0.25, -0.2) is 4.79 Å². The molecule has 7 heteroatoms. The first-order valence-electron chi connectivity index (χ1n) is 10.9. The number of nitrogens with zero attached hydrogens (tertiary/aromatic N) is 2. The maximum absolute atomic E-state index is 12.9. The third-order valence-electron chi connectivity index (χ3n) is 6.56. The van der Waals surface area contributed by atoms with Gasteiger partial charge in [-0.3, -0.25) is 19.3 Å². The van der Waals surface area contributed by atoms with E-state index in [1.807, 2.05) is 0 Å². The Labute approximate surface area is 176 Å². The second kappa shape index (κ2) is 8.58. The van der Waals surface area contributed by atoms with Crippen molar-refractivity contribution in [3.63, 3.8) is 0 Å². The fraction of sp³-hybridized carbons (Fsp3) is 0.565. The van der Waals surface area contributed by atoms with Crippen LogP contribution in [-0.4, -0.2) is 59.2 Å². The Balaban J connectivity index is 1.40. The van der Waals surface area contributed by atoms with Crippen molar-refractivity contribution in [1.29, 1.82) is 0 Å². The molecule has 3 amide bonds. The van der Waals surface area contributed by atoms with Gasteiger partial charge in [0.15, 0.2) is 6.61 Å². The number of piperidine rings is 1. The van der Waals surface area contributed by atoms with E-state index < -0.39 is 5.97 Å². The number of amides is 3. The number of carbonyl (C=O) groups excluding carboxylic acids is 4. The largest absolute Gasteiger partial charge is 0.452 e. The molecule has 1 aromatic rings. The summed E-state index contributed by atoms with van der Waals surface area (Å²) in [6.45, 7) is 3.22. The number of rotatable bonds is 4. The fourth-order valence-electron chi connectivity index (χ4n) is 4.62. The number of fused-ring (bicyclic) bond motifs is 1. The van der Waals surface area contributed by atoms with Gasteiger partial charge < -0.3 is 9.64 Å². The lowest BCUT2D eigenvalue weighted by Crippen LogP contribution is -2.40. The molecule has 0 N–H and O–H groups in total. The van der Waals surface area contributed by atoms with Crippen LogP contribution in [0.5, 0.6) is 0 Å². The van der Waals surface area contributed by atoms with Gasteiger partial charge in [-0.1, -0.05) is 26.2 Å². The summed E-state index contributed by atoms with van der Waals surface area (Å²) in [6, 6.07) is 4.37. The summed E-state index contributed by atoms with van der Waals surface area (Å²) in [5.74, 6) is -0.873. The topological polar surface area (TPSA) is 84.0 Å². The van der Waals surface area contributed by atoms with Gasteiger partial charge in [-0.15, -0.1) is 0 Å². The summed E-state index contributed by atoms with van der Waals surface area (Å²) < 4.78 is 5.19. The van der Waals surface area contributed by atoms with E-state index in [1.165, 1.54) is 23.1 Å². The van der Waals surface area contributed by atoms with Gasteiger partial charge in [0.05, 0.1) is 16.7 Å². The van der Waals surface area contributed by atoms with Crippen LogP contribution in [0, 0.1) is 5.92 Å². The quantitative estimate of drug-likeness (QED) is 0.561. The van der Waals surface area contributed by atoms with E-state index in [4.69, 9.17) is 4.74 Å². The van der Waals surface area contributed by atoms with E-state index in [1.54, 1.807) is 4.90 Å².